The van der Waals surface area contributed by atoms with E-state index in [4.69, 9.17) is 14.2 Å². The number of ether oxygens (including phenoxy) is 3. The van der Waals surface area contributed by atoms with Crippen LogP contribution < -0.4 is 9.04 Å². The average Bonchev–Trinajstić information content (AvgIpc) is 3.27. The molecular formula is C21H16BrFN2O7S. The number of hydrogen-bond acceptors (Lipinski definition) is 8. The van der Waals surface area contributed by atoms with E-state index in [0.717, 1.165) is 38.0 Å². The highest BCUT2D eigenvalue weighted by molar-refractivity contribution is 9.10. The summed E-state index contributed by atoms with van der Waals surface area (Å²) >= 11 is 3.01. The molecule has 2 heterocycles. The number of anilines is 1. The highest BCUT2D eigenvalue weighted by Crippen LogP contribution is 2.38. The van der Waals surface area contributed by atoms with E-state index in [1.165, 1.54) is 12.3 Å². The second kappa shape index (κ2) is 8.60. The number of sulfonamides is 1. The molecule has 9 nitrogen and oxygen atoms in total. The molecule has 0 aliphatic carbocycles. The Labute approximate surface area is 196 Å². The first-order chi connectivity index (χ1) is 15.7. The summed E-state index contributed by atoms with van der Waals surface area (Å²) in [6, 6.07) is 5.70. The summed E-state index contributed by atoms with van der Waals surface area (Å²) in [5, 5.41) is 0.555. The number of amides is 1. The van der Waals surface area contributed by atoms with E-state index in [-0.39, 0.29) is 21.2 Å². The van der Waals surface area contributed by atoms with Crippen LogP contribution >= 0.6 is 15.9 Å². The van der Waals surface area contributed by atoms with Gasteiger partial charge in [0.15, 0.2) is 0 Å². The Hall–Kier alpha value is -3.25. The molecule has 4 rings (SSSR count). The summed E-state index contributed by atoms with van der Waals surface area (Å²) in [6.45, 7) is 0.437. The van der Waals surface area contributed by atoms with Crippen molar-refractivity contribution in [2.24, 2.45) is 0 Å². The van der Waals surface area contributed by atoms with E-state index in [0.29, 0.717) is 28.5 Å². The topological polar surface area (TPSA) is 112 Å². The second-order valence-corrected chi connectivity index (χ2v) is 9.47. The quantitative estimate of drug-likeness (QED) is 0.460. The minimum absolute atomic E-state index is 0.120. The summed E-state index contributed by atoms with van der Waals surface area (Å²) in [4.78, 5) is 29.4. The van der Waals surface area contributed by atoms with Gasteiger partial charge >= 0.3 is 12.1 Å². The van der Waals surface area contributed by atoms with E-state index in [2.05, 4.69) is 20.9 Å². The lowest BCUT2D eigenvalue weighted by molar-refractivity contribution is 0.0603. The van der Waals surface area contributed by atoms with Gasteiger partial charge in [-0.25, -0.2) is 22.4 Å². The van der Waals surface area contributed by atoms with Crippen molar-refractivity contribution in [1.82, 2.24) is 4.98 Å². The molecule has 0 radical (unpaired) electrons. The zero-order valence-electron chi connectivity index (χ0n) is 17.3. The van der Waals surface area contributed by atoms with Gasteiger partial charge in [0, 0.05) is 21.8 Å². The van der Waals surface area contributed by atoms with Crippen LogP contribution in [-0.2, 0) is 25.9 Å². The lowest BCUT2D eigenvalue weighted by atomic mass is 10.0. The highest BCUT2D eigenvalue weighted by Gasteiger charge is 2.37. The number of pyridine rings is 1. The van der Waals surface area contributed by atoms with Crippen molar-refractivity contribution in [3.05, 3.63) is 57.9 Å². The summed E-state index contributed by atoms with van der Waals surface area (Å²) in [5.41, 5.74) is 0.344. The van der Waals surface area contributed by atoms with Crippen molar-refractivity contribution in [3.63, 3.8) is 0 Å². The monoisotopic (exact) mass is 538 g/mol. The average molecular weight is 539 g/mol. The van der Waals surface area contributed by atoms with Crippen LogP contribution in [0.4, 0.5) is 14.9 Å². The van der Waals surface area contributed by atoms with E-state index in [1.807, 2.05) is 0 Å². The molecule has 0 atom stereocenters. The minimum atomic E-state index is -4.67. The Bertz CT molecular complexity index is 1410. The molecule has 1 aromatic heterocycles. The summed E-state index contributed by atoms with van der Waals surface area (Å²) in [7, 11) is -2.56. The van der Waals surface area contributed by atoms with E-state index >= 15 is 0 Å². The zero-order chi connectivity index (χ0) is 23.9. The van der Waals surface area contributed by atoms with Gasteiger partial charge in [0.2, 0.25) is 0 Å². The van der Waals surface area contributed by atoms with Crippen molar-refractivity contribution in [2.75, 3.05) is 25.1 Å². The van der Waals surface area contributed by atoms with Gasteiger partial charge in [0.1, 0.15) is 22.0 Å². The summed E-state index contributed by atoms with van der Waals surface area (Å²) in [5.74, 6) is -1.05. The maximum atomic E-state index is 13.6. The number of aromatic nitrogens is 1. The van der Waals surface area contributed by atoms with Gasteiger partial charge in [-0.1, -0.05) is 6.07 Å². The Morgan fingerprint density at radius 3 is 2.61 bits per heavy atom. The fourth-order valence-electron chi connectivity index (χ4n) is 3.60. The minimum Gasteiger partial charge on any atom is -0.491 e. The molecule has 33 heavy (non-hydrogen) atoms. The molecule has 0 fully saturated rings. The largest absolute Gasteiger partial charge is 0.491 e. The fraction of sp³-hybridized carbons (Fsp3) is 0.190. The number of esters is 1. The number of benzene rings is 2. The van der Waals surface area contributed by atoms with Gasteiger partial charge in [0.05, 0.1) is 38.2 Å². The third-order valence-electron chi connectivity index (χ3n) is 5.06. The van der Waals surface area contributed by atoms with Crippen molar-refractivity contribution < 1.29 is 36.6 Å². The molecule has 1 aliphatic rings. The van der Waals surface area contributed by atoms with Crippen LogP contribution in [0.15, 0.2) is 45.9 Å². The Balaban J connectivity index is 2.03. The van der Waals surface area contributed by atoms with E-state index < -0.39 is 32.8 Å². The zero-order valence-corrected chi connectivity index (χ0v) is 19.7. The van der Waals surface area contributed by atoms with Crippen LogP contribution in [-0.4, -0.2) is 46.3 Å². The molecule has 0 saturated carbocycles. The number of carbonyl (C=O) groups excluding carboxylic acids is 2. The number of fused-ring (bicyclic) bond motifs is 3. The number of hydrogen-bond donors (Lipinski definition) is 0. The fourth-order valence-corrected chi connectivity index (χ4v) is 5.99. The number of halogens is 2. The second-order valence-electron chi connectivity index (χ2n) is 6.86. The Morgan fingerprint density at radius 1 is 1.18 bits per heavy atom. The standard InChI is InChI=1S/C21H16BrFN2O7S/c1-30-20(26)18-15(5-4-13-12-7-8-32-16(12)10-24-19(13)18)25(21(27)31-2)33(28,29)17-6-3-11(23)9-14(17)22/h3-6,9-10H,7-8H2,1-2H3. The number of methoxy groups -OCH3 is 2. The SMILES string of the molecule is COC(=O)c1c(N(C(=O)OC)S(=O)(=O)c2ccc(F)cc2Br)ccc2c3c(cnc12)OCC3. The first-order valence-corrected chi connectivity index (χ1v) is 11.7. The maximum Gasteiger partial charge on any atom is 0.428 e. The van der Waals surface area contributed by atoms with Crippen LogP contribution in [0.3, 0.4) is 0 Å². The van der Waals surface area contributed by atoms with Crippen molar-refractivity contribution in [2.45, 2.75) is 11.3 Å². The summed E-state index contributed by atoms with van der Waals surface area (Å²) in [6.07, 6.45) is 0.699. The first-order valence-electron chi connectivity index (χ1n) is 9.44. The van der Waals surface area contributed by atoms with Crippen LogP contribution in [0, 0.1) is 5.82 Å². The number of nitrogens with zero attached hydrogens (tertiary/aromatic N) is 2. The Morgan fingerprint density at radius 2 is 1.94 bits per heavy atom. The van der Waals surface area contributed by atoms with Gasteiger partial charge in [-0.05, 0) is 40.2 Å². The third-order valence-corrected chi connectivity index (χ3v) is 7.72. The molecule has 0 bridgehead atoms. The van der Waals surface area contributed by atoms with E-state index in [9.17, 15) is 22.4 Å². The molecule has 2 aromatic carbocycles. The van der Waals surface area contributed by atoms with Gasteiger partial charge in [0.25, 0.3) is 10.0 Å². The van der Waals surface area contributed by atoms with Crippen molar-refractivity contribution >= 4 is 54.6 Å². The third kappa shape index (κ3) is 3.78. The number of rotatable bonds is 4. The summed E-state index contributed by atoms with van der Waals surface area (Å²) < 4.78 is 55.9. The lowest BCUT2D eigenvalue weighted by Crippen LogP contribution is -2.38. The molecule has 1 amide bonds. The van der Waals surface area contributed by atoms with Crippen LogP contribution in [0.2, 0.25) is 0 Å². The van der Waals surface area contributed by atoms with Crippen LogP contribution in [0.1, 0.15) is 15.9 Å². The van der Waals surface area contributed by atoms with Crippen LogP contribution in [0.5, 0.6) is 5.75 Å². The molecule has 3 aromatic rings. The van der Waals surface area contributed by atoms with Gasteiger partial charge in [-0.15, -0.1) is 0 Å². The lowest BCUT2D eigenvalue weighted by Gasteiger charge is -2.24. The highest BCUT2D eigenvalue weighted by atomic mass is 79.9. The number of carbonyl (C=O) groups is 2. The molecule has 0 unspecified atom stereocenters. The molecule has 0 spiro atoms. The molecule has 1 aliphatic heterocycles. The van der Waals surface area contributed by atoms with Crippen LogP contribution in [0.25, 0.3) is 10.9 Å². The smallest absolute Gasteiger partial charge is 0.428 e. The predicted octanol–water partition coefficient (Wildman–Crippen LogP) is 3.82. The molecule has 0 saturated heterocycles. The predicted molar refractivity (Wildman–Crippen MR) is 118 cm³/mol. The van der Waals surface area contributed by atoms with E-state index in [1.54, 1.807) is 6.07 Å². The molecule has 12 heteroatoms. The van der Waals surface area contributed by atoms with Gasteiger partial charge < -0.3 is 14.2 Å². The normalized spacial score (nSPS) is 12.7. The molecule has 172 valence electrons. The first kappa shape index (κ1) is 22.9. The Kier molecular flexibility index (Phi) is 5.97. The molecular weight excluding hydrogens is 523 g/mol. The van der Waals surface area contributed by atoms with Crippen molar-refractivity contribution in [1.29, 1.82) is 0 Å². The van der Waals surface area contributed by atoms with Crippen molar-refractivity contribution in [3.8, 4) is 5.75 Å². The molecule has 0 N–H and O–H groups in total. The maximum absolute atomic E-state index is 13.6. The van der Waals surface area contributed by atoms with Gasteiger partial charge in [-0.3, -0.25) is 4.98 Å². The van der Waals surface area contributed by atoms with Gasteiger partial charge in [-0.2, -0.15) is 4.31 Å².